The van der Waals surface area contributed by atoms with Gasteiger partial charge in [0.05, 0.1) is 11.6 Å². The molecule has 2 unspecified atom stereocenters. The van der Waals surface area contributed by atoms with Crippen LogP contribution in [0.3, 0.4) is 0 Å². The van der Waals surface area contributed by atoms with Gasteiger partial charge in [-0.1, -0.05) is 13.8 Å². The normalized spacial score (nSPS) is 23.9. The molecular weight excluding hydrogens is 262 g/mol. The van der Waals surface area contributed by atoms with Gasteiger partial charge in [-0.2, -0.15) is 0 Å². The first kappa shape index (κ1) is 14.0. The standard InChI is InChI=1S/C13H19N3O2S/c1-7(2)11-13(18)16(8(3)12(17)15-11)6-10-5-14-9(4)19-10/h5,7-8,11H,6H2,1-4H3,(H,15,17). The summed E-state index contributed by atoms with van der Waals surface area (Å²) in [5.74, 6) is 0.00216. The average Bonchev–Trinajstić information content (AvgIpc) is 2.74. The lowest BCUT2D eigenvalue weighted by Gasteiger charge is -2.38. The fourth-order valence-corrected chi connectivity index (χ4v) is 2.95. The summed E-state index contributed by atoms with van der Waals surface area (Å²) in [5, 5.41) is 3.76. The Labute approximate surface area is 117 Å². The number of aromatic nitrogens is 1. The van der Waals surface area contributed by atoms with E-state index in [-0.39, 0.29) is 17.7 Å². The van der Waals surface area contributed by atoms with E-state index >= 15 is 0 Å². The lowest BCUT2D eigenvalue weighted by atomic mass is 9.98. The molecule has 2 amide bonds. The Bertz CT molecular complexity index is 498. The molecule has 1 N–H and O–H groups in total. The third-order valence-corrected chi connectivity index (χ3v) is 4.25. The van der Waals surface area contributed by atoms with Crippen molar-refractivity contribution < 1.29 is 9.59 Å². The number of hydrogen-bond acceptors (Lipinski definition) is 4. The van der Waals surface area contributed by atoms with Gasteiger partial charge in [0.1, 0.15) is 12.1 Å². The number of nitrogens with one attached hydrogen (secondary N) is 1. The summed E-state index contributed by atoms with van der Waals surface area (Å²) in [4.78, 5) is 31.2. The molecule has 1 saturated heterocycles. The zero-order valence-electron chi connectivity index (χ0n) is 11.6. The molecule has 104 valence electrons. The third kappa shape index (κ3) is 2.78. The van der Waals surface area contributed by atoms with Crippen molar-refractivity contribution in [2.45, 2.75) is 46.3 Å². The minimum absolute atomic E-state index is 0.00634. The zero-order chi connectivity index (χ0) is 14.2. The molecule has 1 aromatic heterocycles. The molecule has 6 heteroatoms. The molecule has 2 heterocycles. The molecule has 1 aliphatic heterocycles. The minimum atomic E-state index is -0.426. The van der Waals surface area contributed by atoms with E-state index in [4.69, 9.17) is 0 Å². The van der Waals surface area contributed by atoms with Gasteiger partial charge < -0.3 is 10.2 Å². The molecular formula is C13H19N3O2S. The largest absolute Gasteiger partial charge is 0.342 e. The lowest BCUT2D eigenvalue weighted by molar-refractivity contribution is -0.150. The Balaban J connectivity index is 2.20. The Morgan fingerprint density at radius 3 is 2.68 bits per heavy atom. The second-order valence-corrected chi connectivity index (χ2v) is 6.54. The van der Waals surface area contributed by atoms with Gasteiger partial charge in [-0.05, 0) is 19.8 Å². The van der Waals surface area contributed by atoms with Gasteiger partial charge >= 0.3 is 0 Å². The number of nitrogens with zero attached hydrogens (tertiary/aromatic N) is 2. The Hall–Kier alpha value is -1.43. The van der Waals surface area contributed by atoms with E-state index < -0.39 is 12.1 Å². The average molecular weight is 281 g/mol. The number of hydrogen-bond donors (Lipinski definition) is 1. The van der Waals surface area contributed by atoms with E-state index in [0.29, 0.717) is 6.54 Å². The summed E-state index contributed by atoms with van der Waals surface area (Å²) in [5.41, 5.74) is 0. The van der Waals surface area contributed by atoms with Gasteiger partial charge in [-0.3, -0.25) is 9.59 Å². The quantitative estimate of drug-likeness (QED) is 0.909. The SMILES string of the molecule is Cc1ncc(CN2C(=O)C(C(C)C)NC(=O)C2C)s1. The number of carbonyl (C=O) groups is 2. The second kappa shape index (κ2) is 5.28. The van der Waals surface area contributed by atoms with Crippen molar-refractivity contribution in [1.82, 2.24) is 15.2 Å². The fourth-order valence-electron chi connectivity index (χ4n) is 2.16. The van der Waals surface area contributed by atoms with Crippen LogP contribution in [0.15, 0.2) is 6.20 Å². The predicted molar refractivity (Wildman–Crippen MR) is 73.6 cm³/mol. The summed E-state index contributed by atoms with van der Waals surface area (Å²) < 4.78 is 0. The molecule has 1 fully saturated rings. The maximum Gasteiger partial charge on any atom is 0.246 e. The van der Waals surface area contributed by atoms with Crippen molar-refractivity contribution in [3.63, 3.8) is 0 Å². The summed E-state index contributed by atoms with van der Waals surface area (Å²) in [7, 11) is 0. The van der Waals surface area contributed by atoms with Gasteiger partial charge in [0, 0.05) is 11.1 Å². The molecule has 0 saturated carbocycles. The molecule has 5 nitrogen and oxygen atoms in total. The third-order valence-electron chi connectivity index (χ3n) is 3.36. The number of piperazine rings is 1. The highest BCUT2D eigenvalue weighted by molar-refractivity contribution is 7.11. The first-order chi connectivity index (χ1) is 8.90. The molecule has 0 radical (unpaired) electrons. The van der Waals surface area contributed by atoms with Crippen LogP contribution in [0.1, 0.15) is 30.7 Å². The summed E-state index contributed by atoms with van der Waals surface area (Å²) in [6.07, 6.45) is 1.77. The van der Waals surface area contributed by atoms with Crippen molar-refractivity contribution in [3.05, 3.63) is 16.1 Å². The van der Waals surface area contributed by atoms with Crippen molar-refractivity contribution in [2.75, 3.05) is 0 Å². The van der Waals surface area contributed by atoms with E-state index in [1.165, 1.54) is 0 Å². The van der Waals surface area contributed by atoms with E-state index in [2.05, 4.69) is 10.3 Å². The highest BCUT2D eigenvalue weighted by Crippen LogP contribution is 2.21. The highest BCUT2D eigenvalue weighted by Gasteiger charge is 2.39. The highest BCUT2D eigenvalue weighted by atomic mass is 32.1. The molecule has 2 rings (SSSR count). The molecule has 0 aromatic carbocycles. The van der Waals surface area contributed by atoms with Gasteiger partial charge in [0.25, 0.3) is 0 Å². The molecule has 0 aliphatic carbocycles. The van der Waals surface area contributed by atoms with Crippen LogP contribution in [0.25, 0.3) is 0 Å². The summed E-state index contributed by atoms with van der Waals surface area (Å²) in [6.45, 7) is 8.03. The second-order valence-electron chi connectivity index (χ2n) is 5.22. The first-order valence-electron chi connectivity index (χ1n) is 6.42. The van der Waals surface area contributed by atoms with E-state index in [1.54, 1.807) is 29.4 Å². The lowest BCUT2D eigenvalue weighted by Crippen LogP contribution is -2.63. The van der Waals surface area contributed by atoms with Crippen LogP contribution in [0.5, 0.6) is 0 Å². The molecule has 19 heavy (non-hydrogen) atoms. The topological polar surface area (TPSA) is 62.3 Å². The van der Waals surface area contributed by atoms with Crippen molar-refractivity contribution in [2.24, 2.45) is 5.92 Å². The summed E-state index contributed by atoms with van der Waals surface area (Å²) in [6, 6.07) is -0.845. The van der Waals surface area contributed by atoms with Crippen molar-refractivity contribution >= 4 is 23.2 Å². The molecule has 0 spiro atoms. The monoisotopic (exact) mass is 281 g/mol. The van der Waals surface area contributed by atoms with Crippen LogP contribution in [0, 0.1) is 12.8 Å². The number of rotatable bonds is 3. The number of thiazole rings is 1. The fraction of sp³-hybridized carbons (Fsp3) is 0.615. The van der Waals surface area contributed by atoms with Crippen molar-refractivity contribution in [3.8, 4) is 0 Å². The summed E-state index contributed by atoms with van der Waals surface area (Å²) >= 11 is 1.56. The van der Waals surface area contributed by atoms with Crippen LogP contribution in [0.4, 0.5) is 0 Å². The number of aryl methyl sites for hydroxylation is 1. The van der Waals surface area contributed by atoms with Crippen LogP contribution in [-0.2, 0) is 16.1 Å². The molecule has 2 atom stereocenters. The molecule has 0 bridgehead atoms. The smallest absolute Gasteiger partial charge is 0.246 e. The predicted octanol–water partition coefficient (Wildman–Crippen LogP) is 1.32. The number of amides is 2. The van der Waals surface area contributed by atoms with Crippen LogP contribution in [-0.4, -0.2) is 33.8 Å². The van der Waals surface area contributed by atoms with Crippen LogP contribution >= 0.6 is 11.3 Å². The van der Waals surface area contributed by atoms with Crippen LogP contribution in [0.2, 0.25) is 0 Å². The Kier molecular flexibility index (Phi) is 3.89. The zero-order valence-corrected chi connectivity index (χ0v) is 12.5. The van der Waals surface area contributed by atoms with Crippen molar-refractivity contribution in [1.29, 1.82) is 0 Å². The van der Waals surface area contributed by atoms with Gasteiger partial charge in [-0.25, -0.2) is 4.98 Å². The number of carbonyl (C=O) groups excluding carboxylic acids is 2. The maximum atomic E-state index is 12.4. The van der Waals surface area contributed by atoms with Gasteiger partial charge in [0.15, 0.2) is 0 Å². The van der Waals surface area contributed by atoms with Crippen LogP contribution < -0.4 is 5.32 Å². The Morgan fingerprint density at radius 2 is 2.16 bits per heavy atom. The van der Waals surface area contributed by atoms with E-state index in [0.717, 1.165) is 9.88 Å². The maximum absolute atomic E-state index is 12.4. The van der Waals surface area contributed by atoms with Gasteiger partial charge in [-0.15, -0.1) is 11.3 Å². The van der Waals surface area contributed by atoms with E-state index in [1.807, 2.05) is 20.8 Å². The molecule has 1 aliphatic rings. The Morgan fingerprint density at radius 1 is 1.47 bits per heavy atom. The van der Waals surface area contributed by atoms with Gasteiger partial charge in [0.2, 0.25) is 11.8 Å². The van der Waals surface area contributed by atoms with E-state index in [9.17, 15) is 9.59 Å². The minimum Gasteiger partial charge on any atom is -0.342 e. The first-order valence-corrected chi connectivity index (χ1v) is 7.24. The molecule has 1 aromatic rings.